The van der Waals surface area contributed by atoms with Gasteiger partial charge in [-0.3, -0.25) is 4.79 Å². The number of carbonyl (C=O) groups is 1. The summed E-state index contributed by atoms with van der Waals surface area (Å²) in [4.78, 5) is 11.8. The average Bonchev–Trinajstić information content (AvgIpc) is 3.11. The van der Waals surface area contributed by atoms with Crippen LogP contribution in [0, 0.1) is 5.41 Å². The van der Waals surface area contributed by atoms with E-state index in [0.717, 1.165) is 18.5 Å². The predicted octanol–water partition coefficient (Wildman–Crippen LogP) is 3.41. The van der Waals surface area contributed by atoms with Crippen molar-refractivity contribution in [2.75, 3.05) is 12.4 Å². The highest BCUT2D eigenvalue weighted by atomic mass is 35.5. The molecule has 0 radical (unpaired) electrons. The standard InChI is InChI=1S/C14H17Cl2NO/c15-8-7-14(5-6-14)10-17-13(18)9-11-3-1-2-4-12(11)16/h1-4H,5-10H2,(H,17,18). The number of rotatable bonds is 6. The van der Waals surface area contributed by atoms with Crippen LogP contribution in [-0.2, 0) is 11.2 Å². The fourth-order valence-corrected chi connectivity index (χ4v) is 2.66. The van der Waals surface area contributed by atoms with Crippen LogP contribution in [0.5, 0.6) is 0 Å². The number of hydrogen-bond acceptors (Lipinski definition) is 1. The molecule has 1 N–H and O–H groups in total. The number of amides is 1. The maximum Gasteiger partial charge on any atom is 0.224 e. The van der Waals surface area contributed by atoms with E-state index in [1.165, 1.54) is 12.8 Å². The predicted molar refractivity (Wildman–Crippen MR) is 75.2 cm³/mol. The van der Waals surface area contributed by atoms with Gasteiger partial charge in [-0.15, -0.1) is 11.6 Å². The van der Waals surface area contributed by atoms with E-state index < -0.39 is 0 Å². The molecule has 0 unspecified atom stereocenters. The molecule has 0 heterocycles. The van der Waals surface area contributed by atoms with Crippen molar-refractivity contribution in [3.63, 3.8) is 0 Å². The highest BCUT2D eigenvalue weighted by Gasteiger charge is 2.41. The van der Waals surface area contributed by atoms with E-state index in [4.69, 9.17) is 23.2 Å². The summed E-state index contributed by atoms with van der Waals surface area (Å²) in [5.74, 6) is 0.698. The summed E-state index contributed by atoms with van der Waals surface area (Å²) in [5.41, 5.74) is 1.15. The summed E-state index contributed by atoms with van der Waals surface area (Å²) in [6.45, 7) is 0.739. The molecule has 2 nitrogen and oxygen atoms in total. The lowest BCUT2D eigenvalue weighted by atomic mass is 10.0. The SMILES string of the molecule is O=C(Cc1ccccc1Cl)NCC1(CCCl)CC1. The maximum atomic E-state index is 11.8. The smallest absolute Gasteiger partial charge is 0.224 e. The van der Waals surface area contributed by atoms with Crippen LogP contribution in [0.25, 0.3) is 0 Å². The number of halogens is 2. The first kappa shape index (κ1) is 13.7. The lowest BCUT2D eigenvalue weighted by molar-refractivity contribution is -0.120. The third-order valence-corrected chi connectivity index (χ3v) is 4.11. The molecule has 2 rings (SSSR count). The number of alkyl halides is 1. The van der Waals surface area contributed by atoms with E-state index in [0.29, 0.717) is 17.3 Å². The second-order valence-corrected chi connectivity index (χ2v) is 5.77. The van der Waals surface area contributed by atoms with Crippen LogP contribution >= 0.6 is 23.2 Å². The minimum Gasteiger partial charge on any atom is -0.355 e. The van der Waals surface area contributed by atoms with Gasteiger partial charge in [0.05, 0.1) is 6.42 Å². The van der Waals surface area contributed by atoms with Gasteiger partial charge >= 0.3 is 0 Å². The largest absolute Gasteiger partial charge is 0.355 e. The second kappa shape index (κ2) is 5.94. The number of benzene rings is 1. The molecule has 0 aliphatic heterocycles. The molecule has 1 aromatic carbocycles. The van der Waals surface area contributed by atoms with Gasteiger partial charge in [0, 0.05) is 17.4 Å². The van der Waals surface area contributed by atoms with Crippen molar-refractivity contribution in [1.29, 1.82) is 0 Å². The molecule has 1 fully saturated rings. The number of hydrogen-bond donors (Lipinski definition) is 1. The fraction of sp³-hybridized carbons (Fsp3) is 0.500. The van der Waals surface area contributed by atoms with Crippen molar-refractivity contribution in [3.05, 3.63) is 34.9 Å². The van der Waals surface area contributed by atoms with Crippen molar-refractivity contribution in [1.82, 2.24) is 5.32 Å². The summed E-state index contributed by atoms with van der Waals surface area (Å²) >= 11 is 11.8. The van der Waals surface area contributed by atoms with E-state index in [1.54, 1.807) is 6.07 Å². The highest BCUT2D eigenvalue weighted by Crippen LogP contribution is 2.48. The van der Waals surface area contributed by atoms with E-state index in [1.807, 2.05) is 18.2 Å². The minimum absolute atomic E-state index is 0.0314. The molecule has 1 saturated carbocycles. The molecule has 0 saturated heterocycles. The van der Waals surface area contributed by atoms with Gasteiger partial charge in [-0.05, 0) is 36.3 Å². The second-order valence-electron chi connectivity index (χ2n) is 4.98. The average molecular weight is 286 g/mol. The summed E-state index contributed by atoms with van der Waals surface area (Å²) in [6.07, 6.45) is 3.68. The Hall–Kier alpha value is -0.730. The van der Waals surface area contributed by atoms with Crippen molar-refractivity contribution >= 4 is 29.1 Å². The molecule has 18 heavy (non-hydrogen) atoms. The molecular weight excluding hydrogens is 269 g/mol. The molecule has 4 heteroatoms. The zero-order valence-electron chi connectivity index (χ0n) is 10.2. The molecule has 1 aromatic rings. The molecule has 98 valence electrons. The third-order valence-electron chi connectivity index (χ3n) is 3.55. The van der Waals surface area contributed by atoms with Crippen LogP contribution < -0.4 is 5.32 Å². The lowest BCUT2D eigenvalue weighted by Gasteiger charge is -2.14. The molecule has 0 atom stereocenters. The quantitative estimate of drug-likeness (QED) is 0.798. The van der Waals surface area contributed by atoms with E-state index in [-0.39, 0.29) is 11.3 Å². The Labute approximate surface area is 118 Å². The van der Waals surface area contributed by atoms with Crippen LogP contribution in [0.1, 0.15) is 24.8 Å². The van der Waals surface area contributed by atoms with E-state index in [2.05, 4.69) is 5.32 Å². The normalized spacial score (nSPS) is 16.3. The first-order valence-corrected chi connectivity index (χ1v) is 7.13. The molecular formula is C14H17Cl2NO. The molecule has 0 bridgehead atoms. The molecule has 1 amide bonds. The topological polar surface area (TPSA) is 29.1 Å². The van der Waals surface area contributed by atoms with E-state index in [9.17, 15) is 4.79 Å². The molecule has 1 aliphatic rings. The zero-order chi connectivity index (χ0) is 13.0. The molecule has 0 aromatic heterocycles. The first-order chi connectivity index (χ1) is 8.65. The van der Waals surface area contributed by atoms with Crippen LogP contribution in [0.4, 0.5) is 0 Å². The van der Waals surface area contributed by atoms with Crippen LogP contribution in [0.3, 0.4) is 0 Å². The summed E-state index contributed by atoms with van der Waals surface area (Å²) in [7, 11) is 0. The fourth-order valence-electron chi connectivity index (χ4n) is 2.06. The zero-order valence-corrected chi connectivity index (χ0v) is 11.7. The van der Waals surface area contributed by atoms with Crippen LogP contribution in [0.2, 0.25) is 5.02 Å². The summed E-state index contributed by atoms with van der Waals surface area (Å²) in [5, 5.41) is 3.64. The summed E-state index contributed by atoms with van der Waals surface area (Å²) in [6, 6.07) is 7.45. The monoisotopic (exact) mass is 285 g/mol. The van der Waals surface area contributed by atoms with Crippen molar-refractivity contribution < 1.29 is 4.79 Å². The Morgan fingerprint density at radius 1 is 1.33 bits per heavy atom. The van der Waals surface area contributed by atoms with Crippen molar-refractivity contribution in [2.24, 2.45) is 5.41 Å². The minimum atomic E-state index is 0.0314. The number of carbonyl (C=O) groups excluding carboxylic acids is 1. The molecule has 0 spiro atoms. The van der Waals surface area contributed by atoms with Gasteiger partial charge in [-0.25, -0.2) is 0 Å². The van der Waals surface area contributed by atoms with Gasteiger partial charge in [-0.2, -0.15) is 0 Å². The first-order valence-electron chi connectivity index (χ1n) is 6.21. The van der Waals surface area contributed by atoms with Crippen LogP contribution in [0.15, 0.2) is 24.3 Å². The Morgan fingerprint density at radius 2 is 2.06 bits per heavy atom. The van der Waals surface area contributed by atoms with Gasteiger partial charge in [-0.1, -0.05) is 29.8 Å². The lowest BCUT2D eigenvalue weighted by Crippen LogP contribution is -2.31. The third kappa shape index (κ3) is 3.63. The van der Waals surface area contributed by atoms with Crippen molar-refractivity contribution in [2.45, 2.75) is 25.7 Å². The van der Waals surface area contributed by atoms with Gasteiger partial charge in [0.2, 0.25) is 5.91 Å². The Balaban J connectivity index is 1.81. The maximum absolute atomic E-state index is 11.8. The van der Waals surface area contributed by atoms with Gasteiger partial charge < -0.3 is 5.32 Å². The van der Waals surface area contributed by atoms with Crippen molar-refractivity contribution in [3.8, 4) is 0 Å². The Bertz CT molecular complexity index is 430. The number of nitrogens with one attached hydrogen (secondary N) is 1. The Morgan fingerprint density at radius 3 is 2.67 bits per heavy atom. The van der Waals surface area contributed by atoms with E-state index >= 15 is 0 Å². The molecule has 1 aliphatic carbocycles. The summed E-state index contributed by atoms with van der Waals surface area (Å²) < 4.78 is 0. The van der Waals surface area contributed by atoms with Gasteiger partial charge in [0.25, 0.3) is 0 Å². The highest BCUT2D eigenvalue weighted by molar-refractivity contribution is 6.31. The van der Waals surface area contributed by atoms with Crippen LogP contribution in [-0.4, -0.2) is 18.3 Å². The van der Waals surface area contributed by atoms with Gasteiger partial charge in [0.15, 0.2) is 0 Å². The van der Waals surface area contributed by atoms with Gasteiger partial charge in [0.1, 0.15) is 0 Å². The Kier molecular flexibility index (Phi) is 4.52.